The van der Waals surface area contributed by atoms with Crippen molar-refractivity contribution in [2.24, 2.45) is 5.92 Å². The first-order valence-electron chi connectivity index (χ1n) is 7.59. The van der Waals surface area contributed by atoms with Gasteiger partial charge in [0.2, 0.25) is 5.91 Å². The molecule has 0 unspecified atom stereocenters. The van der Waals surface area contributed by atoms with Crippen LogP contribution in [-0.2, 0) is 9.59 Å². The van der Waals surface area contributed by atoms with Crippen molar-refractivity contribution in [2.75, 3.05) is 6.54 Å². The normalized spacial score (nSPS) is 14.9. The van der Waals surface area contributed by atoms with Crippen molar-refractivity contribution in [3.63, 3.8) is 0 Å². The van der Waals surface area contributed by atoms with Crippen LogP contribution in [0.15, 0.2) is 30.3 Å². The van der Waals surface area contributed by atoms with E-state index in [-0.39, 0.29) is 18.4 Å². The fourth-order valence-corrected chi connectivity index (χ4v) is 2.51. The highest BCUT2D eigenvalue weighted by molar-refractivity contribution is 5.95. The Labute approximate surface area is 129 Å². The molecule has 1 aromatic rings. The molecule has 2 rings (SSSR count). The van der Waals surface area contributed by atoms with E-state index in [9.17, 15) is 14.4 Å². The summed E-state index contributed by atoms with van der Waals surface area (Å²) in [4.78, 5) is 35.2. The quantitative estimate of drug-likeness (QED) is 0.729. The summed E-state index contributed by atoms with van der Waals surface area (Å²) in [6.45, 7) is -0.135. The summed E-state index contributed by atoms with van der Waals surface area (Å²) in [6.07, 6.45) is 5.08. The van der Waals surface area contributed by atoms with Crippen LogP contribution in [0.25, 0.3) is 0 Å². The molecule has 1 aromatic carbocycles. The molecule has 0 saturated heterocycles. The van der Waals surface area contributed by atoms with Gasteiger partial charge in [-0.2, -0.15) is 0 Å². The fourth-order valence-electron chi connectivity index (χ4n) is 2.51. The maximum absolute atomic E-state index is 11.9. The van der Waals surface area contributed by atoms with Crippen molar-refractivity contribution in [3.05, 3.63) is 35.9 Å². The van der Waals surface area contributed by atoms with E-state index in [0.717, 1.165) is 25.7 Å². The number of hydrogen-bond acceptors (Lipinski definition) is 3. The van der Waals surface area contributed by atoms with Crippen molar-refractivity contribution < 1.29 is 14.4 Å². The third-order valence-electron chi connectivity index (χ3n) is 3.75. The molecule has 6 nitrogen and oxygen atoms in total. The molecule has 0 heterocycles. The standard InChI is InChI=1S/C16H21N3O3/c20-14(11-17-15(21)12-7-3-1-4-8-12)18-19-16(22)13-9-5-2-6-10-13/h2,5-6,9-10,12H,1,3-4,7-8,11H2,(H,17,21)(H,18,20)(H,19,22). The number of amides is 3. The second-order valence-corrected chi connectivity index (χ2v) is 5.42. The lowest BCUT2D eigenvalue weighted by atomic mass is 9.89. The Hall–Kier alpha value is -2.37. The smallest absolute Gasteiger partial charge is 0.269 e. The molecule has 0 atom stereocenters. The highest BCUT2D eigenvalue weighted by Crippen LogP contribution is 2.23. The summed E-state index contributed by atoms with van der Waals surface area (Å²) < 4.78 is 0. The Morgan fingerprint density at radius 2 is 1.64 bits per heavy atom. The maximum atomic E-state index is 11.9. The summed E-state index contributed by atoms with van der Waals surface area (Å²) in [7, 11) is 0. The topological polar surface area (TPSA) is 87.3 Å². The molecule has 0 aliphatic heterocycles. The van der Waals surface area contributed by atoms with Crippen molar-refractivity contribution >= 4 is 17.7 Å². The largest absolute Gasteiger partial charge is 0.347 e. The van der Waals surface area contributed by atoms with Gasteiger partial charge < -0.3 is 5.32 Å². The van der Waals surface area contributed by atoms with Crippen molar-refractivity contribution in [2.45, 2.75) is 32.1 Å². The third-order valence-corrected chi connectivity index (χ3v) is 3.75. The van der Waals surface area contributed by atoms with Crippen LogP contribution < -0.4 is 16.2 Å². The highest BCUT2D eigenvalue weighted by atomic mass is 16.2. The Balaban J connectivity index is 1.67. The van der Waals surface area contributed by atoms with Gasteiger partial charge in [0.1, 0.15) is 0 Å². The number of rotatable bonds is 4. The molecule has 1 aliphatic carbocycles. The van der Waals surface area contributed by atoms with E-state index in [4.69, 9.17) is 0 Å². The van der Waals surface area contributed by atoms with E-state index in [2.05, 4.69) is 16.2 Å². The second-order valence-electron chi connectivity index (χ2n) is 5.42. The van der Waals surface area contributed by atoms with Gasteiger partial charge in [0.25, 0.3) is 11.8 Å². The van der Waals surface area contributed by atoms with Gasteiger partial charge in [0.05, 0.1) is 6.54 Å². The molecule has 0 aromatic heterocycles. The average molecular weight is 303 g/mol. The summed E-state index contributed by atoms with van der Waals surface area (Å²) >= 11 is 0. The van der Waals surface area contributed by atoms with Crippen molar-refractivity contribution in [3.8, 4) is 0 Å². The summed E-state index contributed by atoms with van der Waals surface area (Å²) in [5.41, 5.74) is 5.05. The van der Waals surface area contributed by atoms with Crippen LogP contribution in [0.4, 0.5) is 0 Å². The minimum atomic E-state index is -0.451. The van der Waals surface area contributed by atoms with E-state index in [1.807, 2.05) is 0 Å². The molecule has 118 valence electrons. The molecule has 0 spiro atoms. The van der Waals surface area contributed by atoms with Gasteiger partial charge in [-0.15, -0.1) is 0 Å². The SMILES string of the molecule is O=C(CNC(=O)C1CCCCC1)NNC(=O)c1ccccc1. The molecular formula is C16H21N3O3. The first kappa shape index (κ1) is 16.0. The van der Waals surface area contributed by atoms with Gasteiger partial charge >= 0.3 is 0 Å². The van der Waals surface area contributed by atoms with Crippen LogP contribution >= 0.6 is 0 Å². The fraction of sp³-hybridized carbons (Fsp3) is 0.438. The summed E-state index contributed by atoms with van der Waals surface area (Å²) in [5, 5.41) is 2.61. The molecule has 22 heavy (non-hydrogen) atoms. The molecule has 0 bridgehead atoms. The van der Waals surface area contributed by atoms with Gasteiger partial charge in [-0.1, -0.05) is 37.5 Å². The highest BCUT2D eigenvalue weighted by Gasteiger charge is 2.21. The van der Waals surface area contributed by atoms with Gasteiger partial charge in [0, 0.05) is 11.5 Å². The zero-order valence-corrected chi connectivity index (χ0v) is 12.4. The molecule has 0 radical (unpaired) electrons. The lowest BCUT2D eigenvalue weighted by Crippen LogP contribution is -2.47. The lowest BCUT2D eigenvalue weighted by molar-refractivity contribution is -0.129. The van der Waals surface area contributed by atoms with E-state index >= 15 is 0 Å². The number of nitrogens with one attached hydrogen (secondary N) is 3. The number of carbonyl (C=O) groups excluding carboxylic acids is 3. The van der Waals surface area contributed by atoms with Crippen molar-refractivity contribution in [1.29, 1.82) is 0 Å². The Kier molecular flexibility index (Phi) is 5.94. The lowest BCUT2D eigenvalue weighted by Gasteiger charge is -2.20. The van der Waals surface area contributed by atoms with Crippen LogP contribution in [-0.4, -0.2) is 24.3 Å². The third kappa shape index (κ3) is 4.87. The predicted octanol–water partition coefficient (Wildman–Crippen LogP) is 1.14. The van der Waals surface area contributed by atoms with Crippen molar-refractivity contribution in [1.82, 2.24) is 16.2 Å². The monoisotopic (exact) mass is 303 g/mol. The molecule has 1 aliphatic rings. The number of hydrazine groups is 1. The van der Waals surface area contributed by atoms with E-state index < -0.39 is 11.8 Å². The molecule has 1 fully saturated rings. The van der Waals surface area contributed by atoms with Crippen LogP contribution in [0.5, 0.6) is 0 Å². The number of carbonyl (C=O) groups is 3. The van der Waals surface area contributed by atoms with Crippen LogP contribution in [0.2, 0.25) is 0 Å². The summed E-state index contributed by atoms with van der Waals surface area (Å²) in [6, 6.07) is 8.57. The van der Waals surface area contributed by atoms with Gasteiger partial charge in [0.15, 0.2) is 0 Å². The molecule has 1 saturated carbocycles. The molecular weight excluding hydrogens is 282 g/mol. The van der Waals surface area contributed by atoms with Crippen LogP contribution in [0.3, 0.4) is 0 Å². The Morgan fingerprint density at radius 1 is 0.955 bits per heavy atom. The number of hydrogen-bond donors (Lipinski definition) is 3. The zero-order chi connectivity index (χ0) is 15.8. The van der Waals surface area contributed by atoms with Gasteiger partial charge in [-0.25, -0.2) is 0 Å². The zero-order valence-electron chi connectivity index (χ0n) is 12.4. The number of benzene rings is 1. The van der Waals surface area contributed by atoms with Crippen LogP contribution in [0.1, 0.15) is 42.5 Å². The van der Waals surface area contributed by atoms with E-state index in [0.29, 0.717) is 5.56 Å². The second kappa shape index (κ2) is 8.17. The maximum Gasteiger partial charge on any atom is 0.269 e. The average Bonchev–Trinajstić information content (AvgIpc) is 2.59. The minimum absolute atomic E-state index is 0.0143. The van der Waals surface area contributed by atoms with Crippen LogP contribution in [0, 0.1) is 5.92 Å². The van der Waals surface area contributed by atoms with Gasteiger partial charge in [-0.3, -0.25) is 25.2 Å². The first-order chi connectivity index (χ1) is 10.7. The van der Waals surface area contributed by atoms with Gasteiger partial charge in [-0.05, 0) is 25.0 Å². The summed E-state index contributed by atoms with van der Waals surface area (Å²) in [5.74, 6) is -0.911. The molecule has 3 N–H and O–H groups in total. The van der Waals surface area contributed by atoms with E-state index in [1.54, 1.807) is 30.3 Å². The molecule has 6 heteroatoms. The Morgan fingerprint density at radius 3 is 2.32 bits per heavy atom. The Bertz CT molecular complexity index is 525. The molecule has 3 amide bonds. The van der Waals surface area contributed by atoms with E-state index in [1.165, 1.54) is 6.42 Å². The first-order valence-corrected chi connectivity index (χ1v) is 7.59. The predicted molar refractivity (Wildman–Crippen MR) is 81.6 cm³/mol. The minimum Gasteiger partial charge on any atom is -0.347 e.